The highest BCUT2D eigenvalue weighted by Crippen LogP contribution is 2.48. The summed E-state index contributed by atoms with van der Waals surface area (Å²) in [4.78, 5) is 30.5. The summed E-state index contributed by atoms with van der Waals surface area (Å²) in [5, 5.41) is 5.17. The van der Waals surface area contributed by atoms with Gasteiger partial charge in [0.05, 0.1) is 24.2 Å². The molecule has 1 atom stereocenters. The van der Waals surface area contributed by atoms with Crippen molar-refractivity contribution in [2.75, 3.05) is 12.4 Å². The van der Waals surface area contributed by atoms with E-state index in [-0.39, 0.29) is 11.8 Å². The van der Waals surface area contributed by atoms with Crippen LogP contribution in [0.1, 0.15) is 46.8 Å². The van der Waals surface area contributed by atoms with Gasteiger partial charge in [-0.15, -0.1) is 0 Å². The fraction of sp³-hybridized carbons (Fsp3) is 0.167. The number of nitrogens with zero attached hydrogens (tertiary/aromatic N) is 1. The summed E-state index contributed by atoms with van der Waals surface area (Å²) in [5.74, 6) is 0.326. The smallest absolute Gasteiger partial charge is 0.343 e. The van der Waals surface area contributed by atoms with Gasteiger partial charge in [-0.2, -0.15) is 0 Å². The van der Waals surface area contributed by atoms with Gasteiger partial charge >= 0.3 is 5.97 Å². The number of aromatic nitrogens is 1. The number of carbonyl (C=O) groups is 2. The van der Waals surface area contributed by atoms with Crippen molar-refractivity contribution in [3.05, 3.63) is 100 Å². The predicted octanol–water partition coefficient (Wildman–Crippen LogP) is 6.79. The predicted molar refractivity (Wildman–Crippen MR) is 143 cm³/mol. The van der Waals surface area contributed by atoms with Crippen LogP contribution in [0.15, 0.2) is 78.5 Å². The van der Waals surface area contributed by atoms with Crippen LogP contribution in [0.5, 0.6) is 11.5 Å². The number of hydrogen-bond acceptors (Lipinski definition) is 6. The van der Waals surface area contributed by atoms with Gasteiger partial charge in [0.1, 0.15) is 0 Å². The highest BCUT2D eigenvalue weighted by molar-refractivity contribution is 6.30. The lowest BCUT2D eigenvalue weighted by Crippen LogP contribution is -2.27. The maximum absolute atomic E-state index is 13.3. The van der Waals surface area contributed by atoms with E-state index in [0.29, 0.717) is 28.5 Å². The number of rotatable bonds is 4. The number of benzene rings is 3. The van der Waals surface area contributed by atoms with Gasteiger partial charge in [-0.1, -0.05) is 23.7 Å². The van der Waals surface area contributed by atoms with Crippen LogP contribution in [0.25, 0.3) is 16.5 Å². The third-order valence-electron chi connectivity index (χ3n) is 6.94. The Morgan fingerprint density at radius 3 is 2.68 bits per heavy atom. The molecular formula is C30H23ClN2O4. The minimum atomic E-state index is -0.514. The van der Waals surface area contributed by atoms with Crippen LogP contribution in [-0.4, -0.2) is 23.8 Å². The van der Waals surface area contributed by atoms with Crippen LogP contribution in [0.3, 0.4) is 0 Å². The fourth-order valence-corrected chi connectivity index (χ4v) is 5.35. The highest BCUT2D eigenvalue weighted by atomic mass is 35.5. The molecule has 0 fully saturated rings. The lowest BCUT2D eigenvalue weighted by molar-refractivity contribution is -0.116. The van der Waals surface area contributed by atoms with Gasteiger partial charge in [0.25, 0.3) is 0 Å². The van der Waals surface area contributed by atoms with Gasteiger partial charge in [0.15, 0.2) is 17.3 Å². The van der Waals surface area contributed by atoms with Crippen LogP contribution in [0.2, 0.25) is 5.02 Å². The average molecular weight is 511 g/mol. The summed E-state index contributed by atoms with van der Waals surface area (Å²) in [5.41, 5.74) is 6.02. The van der Waals surface area contributed by atoms with Crippen molar-refractivity contribution in [1.29, 1.82) is 0 Å². The number of fused-ring (bicyclic) bond motifs is 4. The number of ether oxygens (including phenoxy) is 2. The van der Waals surface area contributed by atoms with Crippen LogP contribution in [-0.2, 0) is 4.79 Å². The van der Waals surface area contributed by atoms with Gasteiger partial charge < -0.3 is 14.8 Å². The molecule has 1 aliphatic carbocycles. The molecule has 1 aromatic heterocycles. The molecule has 0 amide bonds. The molecule has 3 aromatic carbocycles. The number of ketones is 1. The number of esters is 1. The van der Waals surface area contributed by atoms with E-state index in [1.165, 1.54) is 7.11 Å². The number of allylic oxidation sites excluding steroid dienone is 1. The van der Waals surface area contributed by atoms with E-state index in [2.05, 4.69) is 16.4 Å². The maximum Gasteiger partial charge on any atom is 0.343 e. The molecule has 7 heteroatoms. The van der Waals surface area contributed by atoms with Crippen molar-refractivity contribution in [2.24, 2.45) is 0 Å². The second kappa shape index (κ2) is 9.37. The normalized spacial score (nSPS) is 16.6. The molecule has 6 nitrogen and oxygen atoms in total. The second-order valence-corrected chi connectivity index (χ2v) is 9.55. The molecule has 0 saturated carbocycles. The van der Waals surface area contributed by atoms with Crippen molar-refractivity contribution >= 4 is 45.5 Å². The minimum absolute atomic E-state index is 0.141. The van der Waals surface area contributed by atoms with E-state index < -0.39 is 5.97 Å². The average Bonchev–Trinajstić information content (AvgIpc) is 2.93. The van der Waals surface area contributed by atoms with E-state index in [9.17, 15) is 9.59 Å². The van der Waals surface area contributed by atoms with E-state index in [1.54, 1.807) is 36.5 Å². The van der Waals surface area contributed by atoms with Crippen LogP contribution in [0.4, 0.5) is 5.69 Å². The number of Topliss-reactive ketones (excluding diaryl/α,β-unsaturated/α-hetero) is 1. The summed E-state index contributed by atoms with van der Waals surface area (Å²) in [7, 11) is 1.53. The summed E-state index contributed by atoms with van der Waals surface area (Å²) in [6.45, 7) is 0. The van der Waals surface area contributed by atoms with Crippen molar-refractivity contribution < 1.29 is 19.1 Å². The monoisotopic (exact) mass is 510 g/mol. The van der Waals surface area contributed by atoms with Crippen molar-refractivity contribution in [3.8, 4) is 11.5 Å². The first-order valence-electron chi connectivity index (χ1n) is 12.1. The number of anilines is 1. The summed E-state index contributed by atoms with van der Waals surface area (Å²) >= 11 is 5.93. The number of hydrogen-bond donors (Lipinski definition) is 1. The molecule has 1 N–H and O–H groups in total. The lowest BCUT2D eigenvalue weighted by atomic mass is 9.77. The summed E-state index contributed by atoms with van der Waals surface area (Å²) < 4.78 is 11.2. The molecule has 2 heterocycles. The summed E-state index contributed by atoms with van der Waals surface area (Å²) in [6, 6.07) is 19.5. The van der Waals surface area contributed by atoms with Crippen LogP contribution in [0, 0.1) is 0 Å². The molecule has 0 unspecified atom stereocenters. The maximum atomic E-state index is 13.3. The quantitative estimate of drug-likeness (QED) is 0.240. The van der Waals surface area contributed by atoms with Gasteiger partial charge in [0, 0.05) is 39.9 Å². The van der Waals surface area contributed by atoms with Gasteiger partial charge in [0.2, 0.25) is 0 Å². The zero-order valence-electron chi connectivity index (χ0n) is 20.1. The number of carbonyl (C=O) groups excluding carboxylic acids is 2. The molecule has 1 aliphatic heterocycles. The number of methoxy groups -OCH3 is 1. The number of halogens is 1. The van der Waals surface area contributed by atoms with E-state index in [4.69, 9.17) is 21.1 Å². The molecule has 37 heavy (non-hydrogen) atoms. The zero-order valence-corrected chi connectivity index (χ0v) is 20.8. The molecular weight excluding hydrogens is 488 g/mol. The zero-order chi connectivity index (χ0) is 25.5. The number of nitrogens with one attached hydrogen (secondary N) is 1. The molecule has 2 aliphatic rings. The lowest BCUT2D eigenvalue weighted by Gasteiger charge is -2.35. The first-order chi connectivity index (χ1) is 18.0. The second-order valence-electron chi connectivity index (χ2n) is 9.11. The Bertz CT molecular complexity index is 1590. The number of pyridine rings is 1. The molecule has 6 rings (SSSR count). The SMILES string of the molecule is COc1cc([C@H]2Nc3ccc4ncccc4c3C3=C2C(=O)CCC3)ccc1OC(=O)c1ccc(Cl)cc1. The van der Waals surface area contributed by atoms with E-state index in [0.717, 1.165) is 51.7 Å². The van der Waals surface area contributed by atoms with Gasteiger partial charge in [-0.3, -0.25) is 9.78 Å². The highest BCUT2D eigenvalue weighted by Gasteiger charge is 2.35. The molecule has 0 spiro atoms. The van der Waals surface area contributed by atoms with Crippen molar-refractivity contribution in [1.82, 2.24) is 4.98 Å². The van der Waals surface area contributed by atoms with Crippen molar-refractivity contribution in [2.45, 2.75) is 25.3 Å². The van der Waals surface area contributed by atoms with Crippen LogP contribution < -0.4 is 14.8 Å². The molecule has 4 aromatic rings. The standard InChI is InChI=1S/C30H23ClN2O4/c1-36-26-16-18(9-14-25(26)37-30(35)17-7-10-19(31)11-8-17)29-28-21(4-2-6-24(28)34)27-20-5-3-15-32-22(20)12-13-23(27)33-29/h3,5,7-16,29,33H,2,4,6H2,1H3/t29-/m1/s1. The Balaban J connectivity index is 1.40. The molecule has 184 valence electrons. The third kappa shape index (κ3) is 4.13. The Hall–Kier alpha value is -4.16. The van der Waals surface area contributed by atoms with Crippen LogP contribution >= 0.6 is 11.6 Å². The first kappa shape index (κ1) is 23.3. The molecule has 0 saturated heterocycles. The molecule has 0 bridgehead atoms. The van der Waals surface area contributed by atoms with Gasteiger partial charge in [-0.05, 0) is 78.6 Å². The van der Waals surface area contributed by atoms with Crippen molar-refractivity contribution in [3.63, 3.8) is 0 Å². The fourth-order valence-electron chi connectivity index (χ4n) is 5.23. The topological polar surface area (TPSA) is 77.5 Å². The Kier molecular flexibility index (Phi) is 5.89. The third-order valence-corrected chi connectivity index (χ3v) is 7.19. The van der Waals surface area contributed by atoms with Gasteiger partial charge in [-0.25, -0.2) is 4.79 Å². The largest absolute Gasteiger partial charge is 0.493 e. The Labute approximate surface area is 218 Å². The van der Waals surface area contributed by atoms with E-state index in [1.807, 2.05) is 30.3 Å². The van der Waals surface area contributed by atoms with E-state index >= 15 is 0 Å². The Morgan fingerprint density at radius 1 is 1.03 bits per heavy atom. The summed E-state index contributed by atoms with van der Waals surface area (Å²) in [6.07, 6.45) is 3.95. The first-order valence-corrected chi connectivity index (χ1v) is 12.5. The molecule has 0 radical (unpaired) electrons. The minimum Gasteiger partial charge on any atom is -0.493 e. The Morgan fingerprint density at radius 2 is 1.86 bits per heavy atom.